The van der Waals surface area contributed by atoms with Gasteiger partial charge in [-0.25, -0.2) is 9.13 Å². The quantitative estimate of drug-likeness (QED) is 0.0146. The van der Waals surface area contributed by atoms with E-state index in [4.69, 9.17) is 32.3 Å². The Morgan fingerprint density at radius 3 is 0.851 bits per heavy atom. The molecule has 0 bridgehead atoms. The van der Waals surface area contributed by atoms with E-state index in [2.05, 4.69) is 154 Å². The van der Waals surface area contributed by atoms with E-state index < -0.39 is 91.5 Å². The summed E-state index contributed by atoms with van der Waals surface area (Å²) in [6, 6.07) is 0. The Labute approximate surface area is 614 Å². The van der Waals surface area contributed by atoms with Crippen molar-refractivity contribution in [1.29, 1.82) is 0 Å². The summed E-state index contributed by atoms with van der Waals surface area (Å²) in [6.07, 6.45) is 90.9. The van der Waals surface area contributed by atoms with Gasteiger partial charge in [-0.15, -0.1) is 0 Å². The molecule has 18 heteroatoms. The van der Waals surface area contributed by atoms with Crippen LogP contribution in [0.5, 0.6) is 0 Å². The van der Waals surface area contributed by atoms with Crippen LogP contribution < -0.4 is 0 Å². The highest BCUT2D eigenvalue weighted by atomic mass is 31.2. The number of carbonyl (C=O) groups excluding carboxylic acids is 3. The van der Waals surface area contributed by atoms with E-state index in [1.807, 2.05) is 0 Å². The van der Waals surface area contributed by atoms with Crippen molar-refractivity contribution in [2.75, 3.05) is 39.6 Å². The average molecular weight is 1460 g/mol. The minimum atomic E-state index is -4.94. The molecule has 16 nitrogen and oxygen atoms in total. The number of phosphoric ester groups is 2. The van der Waals surface area contributed by atoms with Gasteiger partial charge in [-0.2, -0.15) is 0 Å². The maximum atomic E-state index is 12.9. The molecular formula is C83H142O16P2. The summed E-state index contributed by atoms with van der Waals surface area (Å²) in [4.78, 5) is 58.5. The lowest BCUT2D eigenvalue weighted by atomic mass is 10.0. The lowest BCUT2D eigenvalue weighted by Gasteiger charge is -2.21. The molecule has 4 N–H and O–H groups in total. The van der Waals surface area contributed by atoms with Crippen molar-refractivity contribution < 1.29 is 75.8 Å². The molecule has 0 aliphatic heterocycles. The van der Waals surface area contributed by atoms with Crippen LogP contribution in [0.3, 0.4) is 0 Å². The smallest absolute Gasteiger partial charge is 0.463 e. The normalized spacial score (nSPS) is 14.7. The van der Waals surface area contributed by atoms with E-state index in [9.17, 15) is 43.5 Å². The van der Waals surface area contributed by atoms with Gasteiger partial charge in [0.25, 0.3) is 0 Å². The van der Waals surface area contributed by atoms with Gasteiger partial charge in [0.2, 0.25) is 0 Å². The van der Waals surface area contributed by atoms with Crippen LogP contribution in [0, 0.1) is 0 Å². The van der Waals surface area contributed by atoms with Crippen molar-refractivity contribution in [1.82, 2.24) is 0 Å². The summed E-state index contributed by atoms with van der Waals surface area (Å²) >= 11 is 0. The molecule has 5 atom stereocenters. The van der Waals surface area contributed by atoms with E-state index >= 15 is 0 Å². The first-order valence-corrected chi connectivity index (χ1v) is 42.5. The number of ether oxygens (including phenoxy) is 3. The molecule has 0 heterocycles. The number of hydrogen-bond donors (Lipinski definition) is 4. The van der Waals surface area contributed by atoms with Crippen LogP contribution in [0.25, 0.3) is 0 Å². The number of allylic oxidation sites excluding steroid dienone is 22. The largest absolute Gasteiger partial charge is 0.472 e. The van der Waals surface area contributed by atoms with Gasteiger partial charge in [-0.3, -0.25) is 32.5 Å². The van der Waals surface area contributed by atoms with Crippen molar-refractivity contribution in [3.8, 4) is 0 Å². The molecule has 0 radical (unpaired) electrons. The van der Waals surface area contributed by atoms with Gasteiger partial charge < -0.3 is 34.2 Å². The van der Waals surface area contributed by atoms with Crippen LogP contribution in [-0.2, 0) is 55.8 Å². The van der Waals surface area contributed by atoms with E-state index in [-0.39, 0.29) is 19.3 Å². The van der Waals surface area contributed by atoms with Crippen LogP contribution >= 0.6 is 15.6 Å². The molecule has 0 aromatic carbocycles. The van der Waals surface area contributed by atoms with Crippen LogP contribution in [0.4, 0.5) is 0 Å². The van der Waals surface area contributed by atoms with Gasteiger partial charge in [0.05, 0.1) is 26.4 Å². The Balaban J connectivity index is 4.42. The maximum Gasteiger partial charge on any atom is 0.472 e. The average Bonchev–Trinajstić information content (AvgIpc) is 0.933. The van der Waals surface area contributed by atoms with Gasteiger partial charge in [-0.1, -0.05) is 296 Å². The monoisotopic (exact) mass is 1460 g/mol. The van der Waals surface area contributed by atoms with Gasteiger partial charge in [0.1, 0.15) is 25.4 Å². The second-order valence-electron chi connectivity index (χ2n) is 26.1. The minimum absolute atomic E-state index is 0.0850. The molecule has 0 fully saturated rings. The molecule has 0 saturated heterocycles. The third-order valence-corrected chi connectivity index (χ3v) is 18.2. The third kappa shape index (κ3) is 76.6. The van der Waals surface area contributed by atoms with Crippen LogP contribution in [0.2, 0.25) is 0 Å². The molecule has 101 heavy (non-hydrogen) atoms. The van der Waals surface area contributed by atoms with E-state index in [0.717, 1.165) is 141 Å². The van der Waals surface area contributed by atoms with Crippen molar-refractivity contribution in [3.63, 3.8) is 0 Å². The number of hydrogen-bond acceptors (Lipinski definition) is 14. The molecule has 0 saturated carbocycles. The highest BCUT2D eigenvalue weighted by molar-refractivity contribution is 7.47. The molecule has 0 amide bonds. The molecule has 580 valence electrons. The van der Waals surface area contributed by atoms with E-state index in [1.54, 1.807) is 0 Å². The molecule has 0 aromatic rings. The second-order valence-corrected chi connectivity index (χ2v) is 29.0. The summed E-state index contributed by atoms with van der Waals surface area (Å²) in [5, 5.41) is 20.6. The van der Waals surface area contributed by atoms with Crippen molar-refractivity contribution in [3.05, 3.63) is 134 Å². The molecule has 0 aliphatic rings. The zero-order valence-electron chi connectivity index (χ0n) is 63.3. The zero-order valence-corrected chi connectivity index (χ0v) is 65.1. The Morgan fingerprint density at radius 1 is 0.287 bits per heavy atom. The third-order valence-electron chi connectivity index (χ3n) is 16.3. The number of carbonyl (C=O) groups is 3. The predicted octanol–water partition coefficient (Wildman–Crippen LogP) is 23.1. The first-order valence-electron chi connectivity index (χ1n) is 39.5. The molecule has 0 aromatic heterocycles. The lowest BCUT2D eigenvalue weighted by molar-refractivity contribution is -0.161. The van der Waals surface area contributed by atoms with Gasteiger partial charge in [-0.05, 0) is 135 Å². The summed E-state index contributed by atoms with van der Waals surface area (Å²) in [7, 11) is -9.80. The van der Waals surface area contributed by atoms with Gasteiger partial charge in [0.15, 0.2) is 6.10 Å². The van der Waals surface area contributed by atoms with E-state index in [0.29, 0.717) is 19.3 Å². The SMILES string of the molecule is CC/C=C\C/C=C\C/C=C\C/C=C\C/C=C\CCCCCCCCCCCCCCCCCCCC(=O)OCC(O)COP(=O)(O)OCC(O)COP(=O)(O)OCC(COC(=O)CCCCC/C=C\C/C=C\C/C=C\C/C=C\C/C=C\CC)OC(=O)CCCCCCC/C=C\CCCCCC. The highest BCUT2D eigenvalue weighted by Crippen LogP contribution is 2.45. The second kappa shape index (κ2) is 75.4. The van der Waals surface area contributed by atoms with Crippen molar-refractivity contribution >= 4 is 33.6 Å². The fourth-order valence-corrected chi connectivity index (χ4v) is 12.0. The number of aliphatic hydroxyl groups excluding tert-OH is 2. The molecular weight excluding hydrogens is 1310 g/mol. The number of phosphoric acid groups is 2. The van der Waals surface area contributed by atoms with Crippen molar-refractivity contribution in [2.24, 2.45) is 0 Å². The maximum absolute atomic E-state index is 12.9. The summed E-state index contributed by atoms with van der Waals surface area (Å²) in [5.41, 5.74) is 0. The van der Waals surface area contributed by atoms with Crippen molar-refractivity contribution in [2.45, 2.75) is 334 Å². The lowest BCUT2D eigenvalue weighted by Crippen LogP contribution is -2.30. The number of aliphatic hydroxyl groups is 2. The predicted molar refractivity (Wildman–Crippen MR) is 417 cm³/mol. The Hall–Kier alpha value is -4.31. The van der Waals surface area contributed by atoms with Crippen LogP contribution in [-0.4, -0.2) is 95.9 Å². The fraction of sp³-hybridized carbons (Fsp3) is 0.699. The van der Waals surface area contributed by atoms with Crippen LogP contribution in [0.1, 0.15) is 316 Å². The summed E-state index contributed by atoms with van der Waals surface area (Å²) in [5.74, 6) is -1.62. The van der Waals surface area contributed by atoms with Crippen LogP contribution in [0.15, 0.2) is 134 Å². The molecule has 5 unspecified atom stereocenters. The minimum Gasteiger partial charge on any atom is -0.463 e. The van der Waals surface area contributed by atoms with Gasteiger partial charge in [0, 0.05) is 19.3 Å². The standard InChI is InChI=1S/C83H142O16P2/c1-4-7-10-13-16-19-22-25-27-29-31-32-33-34-35-36-37-38-39-40-41-42-43-44-46-48-49-52-54-57-60-63-66-69-81(86)93-72-78(84)73-95-100(89,90)96-74-79(85)75-97-101(91,92)98-77-80(99-83(88)71-68-65-62-59-56-51-24-21-18-15-12-9-6-3)76-94-82(87)70-67-64-61-58-55-53-50-47-45-30-28-26-23-20-17-14-11-8-5-2/h7-8,10-11,16-17,19-21,24-28,31-32,34-35,45,47,53,55,78-80,84-85H,4-6,9,12-15,18,22-23,29-30,33,36-44,46,48-52,54,56-77H2,1-3H3,(H,89,90)(H,91,92)/b10-7-,11-8-,19-16-,20-17-,24-21-,27-25-,28-26-,32-31-,35-34-,47-45-,55-53-. The first-order chi connectivity index (χ1) is 49.2. The Kier molecular flexibility index (Phi) is 72.2. The highest BCUT2D eigenvalue weighted by Gasteiger charge is 2.29. The molecule has 0 spiro atoms. The number of unbranched alkanes of at least 4 members (excludes halogenated alkanes) is 29. The first kappa shape index (κ1) is 96.7. The fourth-order valence-electron chi connectivity index (χ4n) is 10.4. The Bertz CT molecular complexity index is 2370. The summed E-state index contributed by atoms with van der Waals surface area (Å²) in [6.45, 7) is 2.39. The number of esters is 3. The number of rotatable bonds is 74. The zero-order chi connectivity index (χ0) is 73.7. The molecule has 0 rings (SSSR count). The van der Waals surface area contributed by atoms with E-state index in [1.165, 1.54) is 116 Å². The summed E-state index contributed by atoms with van der Waals surface area (Å²) < 4.78 is 61.0. The topological polar surface area (TPSA) is 231 Å². The molecule has 0 aliphatic carbocycles. The Morgan fingerprint density at radius 2 is 0.525 bits per heavy atom. The van der Waals surface area contributed by atoms with Gasteiger partial charge >= 0.3 is 33.6 Å².